The van der Waals surface area contributed by atoms with Crippen molar-refractivity contribution in [2.75, 3.05) is 5.32 Å². The SMILES string of the molecule is CCc1ccccc1NC(=S)/C(=C(\O)c1ccc(F)cc1)[n+]1ccccc1. The molecule has 3 rings (SSSR count). The summed E-state index contributed by atoms with van der Waals surface area (Å²) in [5.74, 6) is -0.393. The van der Waals surface area contributed by atoms with E-state index in [1.54, 1.807) is 17.0 Å². The molecule has 27 heavy (non-hydrogen) atoms. The molecule has 0 saturated heterocycles. The van der Waals surface area contributed by atoms with Gasteiger partial charge in [-0.2, -0.15) is 4.57 Å². The maximum atomic E-state index is 13.3. The monoisotopic (exact) mass is 379 g/mol. The maximum Gasteiger partial charge on any atom is 0.288 e. The minimum Gasteiger partial charge on any atom is -0.502 e. The lowest BCUT2D eigenvalue weighted by Gasteiger charge is -2.12. The third-order valence-corrected chi connectivity index (χ3v) is 4.47. The van der Waals surface area contributed by atoms with Crippen molar-refractivity contribution in [1.29, 1.82) is 0 Å². The highest BCUT2D eigenvalue weighted by molar-refractivity contribution is 7.81. The lowest BCUT2D eigenvalue weighted by atomic mass is 10.1. The Morgan fingerprint density at radius 1 is 1.00 bits per heavy atom. The van der Waals surface area contributed by atoms with E-state index in [1.165, 1.54) is 24.3 Å². The molecule has 136 valence electrons. The van der Waals surface area contributed by atoms with Gasteiger partial charge in [0.2, 0.25) is 0 Å². The summed E-state index contributed by atoms with van der Waals surface area (Å²) in [4.78, 5) is 0.369. The van der Waals surface area contributed by atoms with Crippen molar-refractivity contribution in [2.45, 2.75) is 13.3 Å². The zero-order chi connectivity index (χ0) is 19.2. The highest BCUT2D eigenvalue weighted by atomic mass is 32.1. The molecule has 0 atom stereocenters. The van der Waals surface area contributed by atoms with Crippen LogP contribution in [0.3, 0.4) is 0 Å². The van der Waals surface area contributed by atoms with Crippen LogP contribution in [0.1, 0.15) is 18.1 Å². The molecule has 1 heterocycles. The smallest absolute Gasteiger partial charge is 0.288 e. The van der Waals surface area contributed by atoms with E-state index in [-0.39, 0.29) is 11.6 Å². The predicted molar refractivity (Wildman–Crippen MR) is 111 cm³/mol. The summed E-state index contributed by atoms with van der Waals surface area (Å²) in [6, 6.07) is 19.1. The van der Waals surface area contributed by atoms with Crippen LogP contribution in [-0.4, -0.2) is 10.1 Å². The zero-order valence-corrected chi connectivity index (χ0v) is 15.7. The molecular weight excluding hydrogens is 359 g/mol. The minimum atomic E-state index is -0.363. The number of para-hydroxylation sites is 1. The molecule has 2 aromatic carbocycles. The average Bonchev–Trinajstić information content (AvgIpc) is 2.70. The van der Waals surface area contributed by atoms with E-state index in [0.29, 0.717) is 16.2 Å². The van der Waals surface area contributed by atoms with Crippen molar-refractivity contribution in [3.8, 4) is 0 Å². The van der Waals surface area contributed by atoms with E-state index in [2.05, 4.69) is 12.2 Å². The van der Waals surface area contributed by atoms with Gasteiger partial charge in [0.05, 0.1) is 0 Å². The Kier molecular flexibility index (Phi) is 5.94. The van der Waals surface area contributed by atoms with Gasteiger partial charge >= 0.3 is 0 Å². The Morgan fingerprint density at radius 2 is 1.67 bits per heavy atom. The number of pyridine rings is 1. The molecule has 5 heteroatoms. The number of aryl methyl sites for hydroxylation is 1. The number of hydrogen-bond donors (Lipinski definition) is 2. The van der Waals surface area contributed by atoms with Crippen molar-refractivity contribution >= 4 is 34.3 Å². The fourth-order valence-electron chi connectivity index (χ4n) is 2.77. The Morgan fingerprint density at radius 3 is 2.33 bits per heavy atom. The highest BCUT2D eigenvalue weighted by Crippen LogP contribution is 2.21. The number of aromatic nitrogens is 1. The Bertz CT molecular complexity index is 969. The van der Waals surface area contributed by atoms with E-state index in [1.807, 2.05) is 42.5 Å². The van der Waals surface area contributed by atoms with Gasteiger partial charge in [0.15, 0.2) is 23.1 Å². The summed E-state index contributed by atoms with van der Waals surface area (Å²) in [6.45, 7) is 2.07. The second-order valence-corrected chi connectivity index (χ2v) is 6.36. The number of aliphatic hydroxyl groups is 1. The number of benzene rings is 2. The molecule has 0 unspecified atom stereocenters. The first-order chi connectivity index (χ1) is 13.1. The standard InChI is InChI=1S/C22H19FN2OS/c1-2-16-8-4-5-9-19(16)24-22(27)20(25-14-6-3-7-15-25)21(26)17-10-12-18(23)13-11-17/h3-15H,2H2,1H3,(H-,24,26,27)/p+1. The fraction of sp³-hybridized carbons (Fsp3) is 0.0909. The topological polar surface area (TPSA) is 36.1 Å². The number of anilines is 1. The first-order valence-electron chi connectivity index (χ1n) is 8.65. The second kappa shape index (κ2) is 8.56. The number of nitrogens with one attached hydrogen (secondary N) is 1. The number of nitrogens with zero attached hydrogens (tertiary/aromatic N) is 1. The predicted octanol–water partition coefficient (Wildman–Crippen LogP) is 5.00. The molecule has 0 aliphatic rings. The van der Waals surface area contributed by atoms with E-state index >= 15 is 0 Å². The summed E-state index contributed by atoms with van der Waals surface area (Å²) >= 11 is 5.63. The van der Waals surface area contributed by atoms with Crippen LogP contribution < -0.4 is 9.88 Å². The van der Waals surface area contributed by atoms with Crippen LogP contribution in [0.15, 0.2) is 79.1 Å². The molecular formula is C22H20FN2OS+. The number of aliphatic hydroxyl groups excluding tert-OH is 1. The Labute approximate surface area is 163 Å². The van der Waals surface area contributed by atoms with Crippen molar-refractivity contribution in [2.24, 2.45) is 0 Å². The third kappa shape index (κ3) is 4.38. The van der Waals surface area contributed by atoms with Crippen LogP contribution in [-0.2, 0) is 6.42 Å². The van der Waals surface area contributed by atoms with Gasteiger partial charge in [0.1, 0.15) is 5.82 Å². The molecule has 0 aliphatic carbocycles. The zero-order valence-electron chi connectivity index (χ0n) is 14.9. The van der Waals surface area contributed by atoms with Gasteiger partial charge in [-0.15, -0.1) is 0 Å². The molecule has 2 N–H and O–H groups in total. The lowest BCUT2D eigenvalue weighted by molar-refractivity contribution is -0.575. The number of rotatable bonds is 5. The minimum absolute atomic E-state index is 0.0299. The second-order valence-electron chi connectivity index (χ2n) is 5.95. The van der Waals surface area contributed by atoms with Gasteiger partial charge in [-0.25, -0.2) is 4.39 Å². The number of halogens is 1. The van der Waals surface area contributed by atoms with E-state index in [0.717, 1.165) is 17.7 Å². The van der Waals surface area contributed by atoms with Crippen molar-refractivity contribution < 1.29 is 14.1 Å². The van der Waals surface area contributed by atoms with Gasteiger partial charge in [-0.05, 0) is 42.3 Å². The van der Waals surface area contributed by atoms with Gasteiger partial charge in [0, 0.05) is 23.4 Å². The van der Waals surface area contributed by atoms with Crippen LogP contribution in [0, 0.1) is 5.82 Å². The summed E-state index contributed by atoms with van der Waals surface area (Å²) in [5.41, 5.74) is 2.92. The quantitative estimate of drug-likeness (QED) is 0.283. The van der Waals surface area contributed by atoms with E-state index in [4.69, 9.17) is 12.2 Å². The first kappa shape index (κ1) is 18.7. The summed E-state index contributed by atoms with van der Waals surface area (Å²) < 4.78 is 15.0. The Hall–Kier alpha value is -3.05. The third-order valence-electron chi connectivity index (χ3n) is 4.18. The summed E-state index contributed by atoms with van der Waals surface area (Å²) in [7, 11) is 0. The van der Waals surface area contributed by atoms with Crippen molar-refractivity contribution in [3.05, 3.63) is 96.1 Å². The average molecular weight is 379 g/mol. The summed E-state index contributed by atoms with van der Waals surface area (Å²) in [5, 5.41) is 14.1. The molecule has 0 aliphatic heterocycles. The normalized spacial score (nSPS) is 11.6. The molecule has 3 aromatic rings. The van der Waals surface area contributed by atoms with Crippen molar-refractivity contribution in [1.82, 2.24) is 0 Å². The van der Waals surface area contributed by atoms with E-state index < -0.39 is 0 Å². The molecule has 0 saturated carbocycles. The van der Waals surface area contributed by atoms with Crippen LogP contribution in [0.25, 0.3) is 11.5 Å². The van der Waals surface area contributed by atoms with Crippen LogP contribution in [0.5, 0.6) is 0 Å². The molecule has 0 bridgehead atoms. The molecule has 0 fully saturated rings. The highest BCUT2D eigenvalue weighted by Gasteiger charge is 2.24. The fourth-order valence-corrected chi connectivity index (χ4v) is 3.08. The maximum absolute atomic E-state index is 13.3. The largest absolute Gasteiger partial charge is 0.502 e. The molecule has 3 nitrogen and oxygen atoms in total. The van der Waals surface area contributed by atoms with Gasteiger partial charge < -0.3 is 10.4 Å². The molecule has 0 spiro atoms. The van der Waals surface area contributed by atoms with Crippen LogP contribution in [0.2, 0.25) is 0 Å². The Balaban J connectivity index is 2.06. The molecule has 0 radical (unpaired) electrons. The lowest BCUT2D eigenvalue weighted by Crippen LogP contribution is -2.38. The molecule has 0 amide bonds. The van der Waals surface area contributed by atoms with Gasteiger partial charge in [-0.3, -0.25) is 0 Å². The first-order valence-corrected chi connectivity index (χ1v) is 9.06. The molecule has 1 aromatic heterocycles. The number of hydrogen-bond acceptors (Lipinski definition) is 2. The number of thiocarbonyl (C=S) groups is 1. The summed E-state index contributed by atoms with van der Waals surface area (Å²) in [6.07, 6.45) is 4.46. The van der Waals surface area contributed by atoms with E-state index in [9.17, 15) is 9.50 Å². The van der Waals surface area contributed by atoms with Gasteiger partial charge in [0.25, 0.3) is 5.70 Å². The van der Waals surface area contributed by atoms with Crippen LogP contribution >= 0.6 is 12.2 Å². The van der Waals surface area contributed by atoms with Crippen LogP contribution in [0.4, 0.5) is 10.1 Å². The van der Waals surface area contributed by atoms with Crippen molar-refractivity contribution in [3.63, 3.8) is 0 Å². The van der Waals surface area contributed by atoms with Gasteiger partial charge in [-0.1, -0.05) is 43.4 Å².